The fourth-order valence-electron chi connectivity index (χ4n) is 3.03. The molecule has 0 spiro atoms. The molecule has 1 fully saturated rings. The number of para-hydroxylation sites is 1. The Morgan fingerprint density at radius 3 is 2.52 bits per heavy atom. The van der Waals surface area contributed by atoms with Crippen LogP contribution in [0.2, 0.25) is 0 Å². The van der Waals surface area contributed by atoms with E-state index in [9.17, 15) is 9.59 Å². The third-order valence-corrected chi connectivity index (χ3v) is 4.58. The molecule has 0 aliphatic carbocycles. The van der Waals surface area contributed by atoms with E-state index in [0.717, 1.165) is 19.6 Å². The fourth-order valence-corrected chi connectivity index (χ4v) is 3.03. The van der Waals surface area contributed by atoms with Crippen LogP contribution >= 0.6 is 0 Å². The zero-order valence-electron chi connectivity index (χ0n) is 14.6. The maximum absolute atomic E-state index is 12.9. The Morgan fingerprint density at radius 1 is 1.24 bits per heavy atom. The van der Waals surface area contributed by atoms with Gasteiger partial charge in [-0.05, 0) is 19.1 Å². The number of nitrogens with one attached hydrogen (secondary N) is 1. The van der Waals surface area contributed by atoms with Crippen LogP contribution in [-0.4, -0.2) is 60.4 Å². The van der Waals surface area contributed by atoms with Crippen molar-refractivity contribution in [3.8, 4) is 11.4 Å². The molecule has 3 rings (SSSR count). The smallest absolute Gasteiger partial charge is 0.278 e. The second-order valence-electron chi connectivity index (χ2n) is 6.04. The number of likely N-dealkylation sites (N-methyl/N-ethyl adjacent to an activating group) is 1. The van der Waals surface area contributed by atoms with E-state index in [2.05, 4.69) is 12.0 Å². The molecule has 7 heteroatoms. The van der Waals surface area contributed by atoms with Crippen molar-refractivity contribution in [2.24, 2.45) is 0 Å². The number of hydrogen-bond donors (Lipinski definition) is 1. The first-order valence-electron chi connectivity index (χ1n) is 8.50. The van der Waals surface area contributed by atoms with Crippen molar-refractivity contribution in [2.75, 3.05) is 39.8 Å². The van der Waals surface area contributed by atoms with E-state index in [4.69, 9.17) is 4.74 Å². The van der Waals surface area contributed by atoms with Gasteiger partial charge < -0.3 is 14.5 Å². The second kappa shape index (κ2) is 7.48. The number of ether oxygens (including phenoxy) is 1. The number of quaternary nitrogens is 1. The Kier molecular flexibility index (Phi) is 5.14. The molecule has 0 saturated carbocycles. The summed E-state index contributed by atoms with van der Waals surface area (Å²) in [6.07, 6.45) is 0. The first-order chi connectivity index (χ1) is 12.1. The summed E-state index contributed by atoms with van der Waals surface area (Å²) < 4.78 is 6.48. The molecule has 0 unspecified atom stereocenters. The van der Waals surface area contributed by atoms with Gasteiger partial charge in [0.1, 0.15) is 0 Å². The highest BCUT2D eigenvalue weighted by Gasteiger charge is 2.27. The van der Waals surface area contributed by atoms with Crippen molar-refractivity contribution in [1.82, 2.24) is 14.7 Å². The molecule has 1 aromatic carbocycles. The molecule has 2 aromatic rings. The molecule has 2 heterocycles. The van der Waals surface area contributed by atoms with Gasteiger partial charge in [0.25, 0.3) is 11.5 Å². The third kappa shape index (κ3) is 3.56. The minimum Gasteiger partial charge on any atom is -0.494 e. The zero-order valence-corrected chi connectivity index (χ0v) is 14.6. The summed E-state index contributed by atoms with van der Waals surface area (Å²) in [5.74, 6) is 0.0177. The van der Waals surface area contributed by atoms with Gasteiger partial charge in [0.2, 0.25) is 0 Å². The Hall–Kier alpha value is -2.67. The summed E-state index contributed by atoms with van der Waals surface area (Å²) in [5.41, 5.74) is 0.454. The number of nitrogens with zero attached hydrogens (tertiary/aromatic N) is 3. The number of carbonyl (C=O) groups excluding carboxylic acids is 1. The summed E-state index contributed by atoms with van der Waals surface area (Å²) in [7, 11) is 1.44. The Labute approximate surface area is 146 Å². The maximum atomic E-state index is 12.9. The molecular formula is C18H23N4O3+. The van der Waals surface area contributed by atoms with E-state index < -0.39 is 0 Å². The fraction of sp³-hybridized carbons (Fsp3) is 0.389. The molecule has 1 amide bonds. The Balaban J connectivity index is 1.95. The number of piperazine rings is 1. The van der Waals surface area contributed by atoms with Crippen LogP contribution in [0.5, 0.6) is 5.75 Å². The van der Waals surface area contributed by atoms with Crippen molar-refractivity contribution in [1.29, 1.82) is 0 Å². The lowest BCUT2D eigenvalue weighted by Gasteiger charge is -2.31. The number of hydrogen-bond acceptors (Lipinski definition) is 4. The SMILES string of the molecule is CC[NH+]1CCN(C(=O)c2nn(-c3ccccc3)c(=O)cc2OC)CC1. The second-order valence-corrected chi connectivity index (χ2v) is 6.04. The van der Waals surface area contributed by atoms with Gasteiger partial charge in [-0.3, -0.25) is 9.59 Å². The van der Waals surface area contributed by atoms with Crippen LogP contribution < -0.4 is 15.2 Å². The van der Waals surface area contributed by atoms with Crippen molar-refractivity contribution >= 4 is 5.91 Å². The van der Waals surface area contributed by atoms with Gasteiger partial charge in [-0.2, -0.15) is 9.78 Å². The molecule has 0 bridgehead atoms. The Morgan fingerprint density at radius 2 is 1.92 bits per heavy atom. The topological polar surface area (TPSA) is 68.9 Å². The van der Waals surface area contributed by atoms with Crippen LogP contribution in [-0.2, 0) is 0 Å². The number of methoxy groups -OCH3 is 1. The maximum Gasteiger partial charge on any atom is 0.278 e. The van der Waals surface area contributed by atoms with Gasteiger partial charge in [0.05, 0.1) is 51.6 Å². The van der Waals surface area contributed by atoms with E-state index in [1.807, 2.05) is 18.2 Å². The molecule has 1 aliphatic heterocycles. The quantitative estimate of drug-likeness (QED) is 0.820. The van der Waals surface area contributed by atoms with Crippen molar-refractivity contribution < 1.29 is 14.4 Å². The average molecular weight is 343 g/mol. The lowest BCUT2D eigenvalue weighted by molar-refractivity contribution is -0.902. The van der Waals surface area contributed by atoms with Crippen molar-refractivity contribution in [3.05, 3.63) is 52.4 Å². The van der Waals surface area contributed by atoms with Gasteiger partial charge >= 0.3 is 0 Å². The highest BCUT2D eigenvalue weighted by molar-refractivity contribution is 5.94. The van der Waals surface area contributed by atoms with Crippen LogP contribution in [0.3, 0.4) is 0 Å². The molecule has 132 valence electrons. The summed E-state index contributed by atoms with van der Waals surface area (Å²) in [5, 5.41) is 4.31. The van der Waals surface area contributed by atoms with E-state index in [0.29, 0.717) is 18.8 Å². The molecule has 25 heavy (non-hydrogen) atoms. The number of rotatable bonds is 4. The summed E-state index contributed by atoms with van der Waals surface area (Å²) in [6.45, 7) is 6.40. The van der Waals surface area contributed by atoms with Crippen LogP contribution in [0.15, 0.2) is 41.2 Å². The van der Waals surface area contributed by atoms with Crippen LogP contribution in [0.4, 0.5) is 0 Å². The molecule has 1 aromatic heterocycles. The largest absolute Gasteiger partial charge is 0.494 e. The molecule has 1 N–H and O–H groups in total. The standard InChI is InChI=1S/C18H22N4O3/c1-3-20-9-11-21(12-10-20)18(24)17-15(25-2)13-16(23)22(19-17)14-7-5-4-6-8-14/h4-8,13H,3,9-12H2,1-2H3/p+1. The third-order valence-electron chi connectivity index (χ3n) is 4.58. The number of aromatic nitrogens is 2. The summed E-state index contributed by atoms with van der Waals surface area (Å²) in [4.78, 5) is 28.5. The predicted molar refractivity (Wildman–Crippen MR) is 93.5 cm³/mol. The summed E-state index contributed by atoms with van der Waals surface area (Å²) in [6, 6.07) is 10.4. The van der Waals surface area contributed by atoms with Crippen LogP contribution in [0.25, 0.3) is 5.69 Å². The molecule has 0 atom stereocenters. The van der Waals surface area contributed by atoms with Gasteiger partial charge in [0.15, 0.2) is 11.4 Å². The Bertz CT molecular complexity index is 796. The highest BCUT2D eigenvalue weighted by atomic mass is 16.5. The van der Waals surface area contributed by atoms with Gasteiger partial charge in [-0.25, -0.2) is 0 Å². The predicted octanol–water partition coefficient (Wildman–Crippen LogP) is -0.398. The molecule has 1 aliphatic rings. The monoisotopic (exact) mass is 343 g/mol. The minimum atomic E-state index is -0.333. The van der Waals surface area contributed by atoms with Gasteiger partial charge in [-0.1, -0.05) is 18.2 Å². The first-order valence-corrected chi connectivity index (χ1v) is 8.50. The lowest BCUT2D eigenvalue weighted by atomic mass is 10.2. The average Bonchev–Trinajstić information content (AvgIpc) is 2.68. The summed E-state index contributed by atoms with van der Waals surface area (Å²) >= 11 is 0. The molecule has 7 nitrogen and oxygen atoms in total. The molecule has 1 saturated heterocycles. The van der Waals surface area contributed by atoms with E-state index in [1.54, 1.807) is 17.0 Å². The van der Waals surface area contributed by atoms with E-state index >= 15 is 0 Å². The number of benzene rings is 1. The lowest BCUT2D eigenvalue weighted by Crippen LogP contribution is -3.14. The van der Waals surface area contributed by atoms with Crippen molar-refractivity contribution in [3.63, 3.8) is 0 Å². The number of carbonyl (C=O) groups is 1. The minimum absolute atomic E-state index is 0.172. The van der Waals surface area contributed by atoms with Crippen LogP contribution in [0, 0.1) is 0 Å². The van der Waals surface area contributed by atoms with Crippen molar-refractivity contribution in [2.45, 2.75) is 6.92 Å². The zero-order chi connectivity index (χ0) is 17.8. The molecule has 0 radical (unpaired) electrons. The van der Waals surface area contributed by atoms with Gasteiger partial charge in [0, 0.05) is 0 Å². The van der Waals surface area contributed by atoms with Gasteiger partial charge in [-0.15, -0.1) is 0 Å². The van der Waals surface area contributed by atoms with E-state index in [1.165, 1.54) is 22.8 Å². The van der Waals surface area contributed by atoms with E-state index in [-0.39, 0.29) is 22.9 Å². The normalized spacial score (nSPS) is 15.2. The number of amides is 1. The van der Waals surface area contributed by atoms with Crippen LogP contribution in [0.1, 0.15) is 17.4 Å². The highest BCUT2D eigenvalue weighted by Crippen LogP contribution is 2.16. The molecular weight excluding hydrogens is 320 g/mol. The first kappa shape index (κ1) is 17.2.